The van der Waals surface area contributed by atoms with Gasteiger partial charge in [0, 0.05) is 20.2 Å². The third-order valence-electron chi connectivity index (χ3n) is 2.07. The van der Waals surface area contributed by atoms with Gasteiger partial charge in [0.05, 0.1) is 12.6 Å². The van der Waals surface area contributed by atoms with E-state index in [-0.39, 0.29) is 0 Å². The van der Waals surface area contributed by atoms with Gasteiger partial charge in [-0.3, -0.25) is 0 Å². The van der Waals surface area contributed by atoms with E-state index in [4.69, 9.17) is 17.0 Å². The van der Waals surface area contributed by atoms with Crippen molar-refractivity contribution in [1.29, 1.82) is 0 Å². The van der Waals surface area contributed by atoms with Crippen LogP contribution in [0.4, 0.5) is 0 Å². The first-order valence-corrected chi connectivity index (χ1v) is 5.61. The van der Waals surface area contributed by atoms with Crippen molar-refractivity contribution in [3.63, 3.8) is 0 Å². The Labute approximate surface area is 92.8 Å². The molecule has 0 rings (SSSR count). The molecule has 0 aliphatic heterocycles. The monoisotopic (exact) mass is 218 g/mol. The first kappa shape index (κ1) is 13.7. The molecule has 0 radical (unpaired) electrons. The summed E-state index contributed by atoms with van der Waals surface area (Å²) < 4.78 is 5.11. The van der Waals surface area contributed by atoms with E-state index in [9.17, 15) is 0 Å². The third kappa shape index (κ3) is 4.77. The van der Waals surface area contributed by atoms with E-state index in [1.807, 2.05) is 0 Å². The van der Waals surface area contributed by atoms with E-state index >= 15 is 0 Å². The molecule has 0 aromatic heterocycles. The lowest BCUT2D eigenvalue weighted by atomic mass is 10.3. The number of rotatable bonds is 6. The molecule has 1 unspecified atom stereocenters. The number of ether oxygens (including phenoxy) is 1. The minimum atomic E-state index is 0.335. The second-order valence-corrected chi connectivity index (χ2v) is 3.71. The van der Waals surface area contributed by atoms with Crippen LogP contribution >= 0.6 is 12.2 Å². The van der Waals surface area contributed by atoms with Gasteiger partial charge in [-0.25, -0.2) is 0 Å². The molecule has 0 aliphatic rings. The molecule has 0 amide bonds. The van der Waals surface area contributed by atoms with E-state index in [1.54, 1.807) is 7.11 Å². The van der Waals surface area contributed by atoms with Crippen molar-refractivity contribution >= 4 is 17.3 Å². The number of methoxy groups -OCH3 is 1. The highest BCUT2D eigenvalue weighted by molar-refractivity contribution is 7.80. The van der Waals surface area contributed by atoms with Gasteiger partial charge in [-0.2, -0.15) is 0 Å². The summed E-state index contributed by atoms with van der Waals surface area (Å²) in [6.07, 6.45) is 1.09. The highest BCUT2D eigenvalue weighted by atomic mass is 32.1. The first-order valence-electron chi connectivity index (χ1n) is 5.20. The van der Waals surface area contributed by atoms with Crippen LogP contribution in [0, 0.1) is 0 Å². The van der Waals surface area contributed by atoms with Crippen LogP contribution in [0.1, 0.15) is 27.2 Å². The Morgan fingerprint density at radius 1 is 1.50 bits per heavy atom. The zero-order valence-corrected chi connectivity index (χ0v) is 10.5. The summed E-state index contributed by atoms with van der Waals surface area (Å²) in [5, 5.41) is 4.06. The molecule has 14 heavy (non-hydrogen) atoms. The van der Waals surface area contributed by atoms with Crippen LogP contribution in [-0.2, 0) is 4.74 Å². The molecular weight excluding hydrogens is 196 g/mol. The minimum absolute atomic E-state index is 0.335. The van der Waals surface area contributed by atoms with Crippen LogP contribution in [0.5, 0.6) is 0 Å². The molecule has 1 N–H and O–H groups in total. The molecular formula is C10H22N2OS. The summed E-state index contributed by atoms with van der Waals surface area (Å²) in [6.45, 7) is 8.92. The van der Waals surface area contributed by atoms with Gasteiger partial charge in [-0.05, 0) is 32.5 Å². The smallest absolute Gasteiger partial charge is 0.169 e. The van der Waals surface area contributed by atoms with Crippen molar-refractivity contribution in [2.45, 2.75) is 33.2 Å². The quantitative estimate of drug-likeness (QED) is 0.685. The highest BCUT2D eigenvalue weighted by Crippen LogP contribution is 2.00. The fraction of sp³-hybridized carbons (Fsp3) is 0.900. The predicted molar refractivity (Wildman–Crippen MR) is 64.6 cm³/mol. The molecule has 84 valence electrons. The number of hydrogen-bond acceptors (Lipinski definition) is 2. The fourth-order valence-electron chi connectivity index (χ4n) is 1.32. The van der Waals surface area contributed by atoms with Crippen molar-refractivity contribution in [2.75, 3.05) is 26.8 Å². The van der Waals surface area contributed by atoms with Crippen LogP contribution in [0.2, 0.25) is 0 Å². The van der Waals surface area contributed by atoms with Gasteiger partial charge in [-0.15, -0.1) is 0 Å². The normalized spacial score (nSPS) is 12.3. The molecule has 0 saturated carbocycles. The van der Waals surface area contributed by atoms with Crippen molar-refractivity contribution < 1.29 is 4.74 Å². The standard InChI is InChI=1S/C10H22N2OS/c1-5-7-11-10(14)12(6-2)9(3)8-13-4/h9H,5-8H2,1-4H3,(H,11,14). The molecule has 1 atom stereocenters. The van der Waals surface area contributed by atoms with Crippen molar-refractivity contribution in [2.24, 2.45) is 0 Å². The van der Waals surface area contributed by atoms with E-state index < -0.39 is 0 Å². The molecule has 0 fully saturated rings. The summed E-state index contributed by atoms with van der Waals surface area (Å²) in [5.74, 6) is 0. The molecule has 0 aromatic carbocycles. The molecule has 4 heteroatoms. The van der Waals surface area contributed by atoms with Gasteiger partial charge in [0.2, 0.25) is 0 Å². The van der Waals surface area contributed by atoms with Gasteiger partial charge in [0.25, 0.3) is 0 Å². The SMILES string of the molecule is CCCNC(=S)N(CC)C(C)COC. The number of thiocarbonyl (C=S) groups is 1. The van der Waals surface area contributed by atoms with Gasteiger partial charge < -0.3 is 15.0 Å². The second-order valence-electron chi connectivity index (χ2n) is 3.32. The topological polar surface area (TPSA) is 24.5 Å². The molecule has 0 aliphatic carbocycles. The lowest BCUT2D eigenvalue weighted by molar-refractivity contribution is 0.138. The molecule has 0 heterocycles. The summed E-state index contributed by atoms with van der Waals surface area (Å²) >= 11 is 5.29. The third-order valence-corrected chi connectivity index (χ3v) is 2.45. The Morgan fingerprint density at radius 2 is 2.14 bits per heavy atom. The minimum Gasteiger partial charge on any atom is -0.383 e. The lowest BCUT2D eigenvalue weighted by Gasteiger charge is -2.30. The Hall–Kier alpha value is -0.350. The van der Waals surface area contributed by atoms with E-state index in [0.717, 1.165) is 24.6 Å². The molecule has 0 spiro atoms. The Kier molecular flexibility index (Phi) is 7.80. The lowest BCUT2D eigenvalue weighted by Crippen LogP contribution is -2.46. The number of nitrogens with one attached hydrogen (secondary N) is 1. The fourth-order valence-corrected chi connectivity index (χ4v) is 1.73. The van der Waals surface area contributed by atoms with Crippen LogP contribution in [0.25, 0.3) is 0 Å². The molecule has 0 bridgehead atoms. The van der Waals surface area contributed by atoms with Crippen molar-refractivity contribution in [1.82, 2.24) is 10.2 Å². The van der Waals surface area contributed by atoms with Gasteiger partial charge in [0.15, 0.2) is 5.11 Å². The average Bonchev–Trinajstić information content (AvgIpc) is 2.16. The largest absolute Gasteiger partial charge is 0.383 e. The first-order chi connectivity index (χ1) is 6.67. The maximum Gasteiger partial charge on any atom is 0.169 e. The molecule has 0 saturated heterocycles. The maximum atomic E-state index is 5.29. The van der Waals surface area contributed by atoms with Crippen LogP contribution < -0.4 is 5.32 Å². The molecule has 3 nitrogen and oxygen atoms in total. The second kappa shape index (κ2) is 8.00. The zero-order valence-electron chi connectivity index (χ0n) is 9.67. The maximum absolute atomic E-state index is 5.29. The number of likely N-dealkylation sites (N-methyl/N-ethyl adjacent to an activating group) is 1. The van der Waals surface area contributed by atoms with Crippen LogP contribution in [-0.4, -0.2) is 42.9 Å². The summed E-state index contributed by atoms with van der Waals surface area (Å²) in [7, 11) is 1.72. The Bertz CT molecular complexity index is 164. The molecule has 0 aromatic rings. The zero-order chi connectivity index (χ0) is 11.0. The highest BCUT2D eigenvalue weighted by Gasteiger charge is 2.13. The van der Waals surface area contributed by atoms with E-state index in [0.29, 0.717) is 12.6 Å². The van der Waals surface area contributed by atoms with Gasteiger partial charge in [-0.1, -0.05) is 6.92 Å². The van der Waals surface area contributed by atoms with Crippen LogP contribution in [0.3, 0.4) is 0 Å². The summed E-state index contributed by atoms with van der Waals surface area (Å²) in [5.41, 5.74) is 0. The van der Waals surface area contributed by atoms with Gasteiger partial charge in [0.1, 0.15) is 0 Å². The summed E-state index contributed by atoms with van der Waals surface area (Å²) in [6, 6.07) is 0.335. The predicted octanol–water partition coefficient (Wildman–Crippen LogP) is 1.63. The number of hydrogen-bond donors (Lipinski definition) is 1. The summed E-state index contributed by atoms with van der Waals surface area (Å²) in [4.78, 5) is 2.15. The average molecular weight is 218 g/mol. The number of nitrogens with zero attached hydrogens (tertiary/aromatic N) is 1. The Morgan fingerprint density at radius 3 is 2.57 bits per heavy atom. The van der Waals surface area contributed by atoms with Crippen molar-refractivity contribution in [3.05, 3.63) is 0 Å². The van der Waals surface area contributed by atoms with E-state index in [1.165, 1.54) is 0 Å². The van der Waals surface area contributed by atoms with E-state index in [2.05, 4.69) is 31.0 Å². The van der Waals surface area contributed by atoms with Crippen molar-refractivity contribution in [3.8, 4) is 0 Å². The Balaban J connectivity index is 4.03. The van der Waals surface area contributed by atoms with Crippen LogP contribution in [0.15, 0.2) is 0 Å². The van der Waals surface area contributed by atoms with Gasteiger partial charge >= 0.3 is 0 Å².